The first-order chi connectivity index (χ1) is 16.4. The maximum atomic E-state index is 15.0. The van der Waals surface area contributed by atoms with Crippen molar-refractivity contribution in [2.24, 2.45) is 5.92 Å². The predicted molar refractivity (Wildman–Crippen MR) is 125 cm³/mol. The van der Waals surface area contributed by atoms with Gasteiger partial charge in [0, 0.05) is 28.5 Å². The molecular formula is C28H32F4O2. The van der Waals surface area contributed by atoms with Crippen molar-refractivity contribution in [3.63, 3.8) is 0 Å². The molecule has 2 nitrogen and oxygen atoms in total. The van der Waals surface area contributed by atoms with Crippen LogP contribution in [-0.2, 0) is 9.47 Å². The quantitative estimate of drug-likeness (QED) is 0.310. The second-order valence-electron chi connectivity index (χ2n) is 9.36. The van der Waals surface area contributed by atoms with Gasteiger partial charge in [0.05, 0.1) is 25.4 Å². The lowest BCUT2D eigenvalue weighted by Crippen LogP contribution is -2.25. The third-order valence-corrected chi connectivity index (χ3v) is 7.06. The van der Waals surface area contributed by atoms with E-state index in [-0.39, 0.29) is 40.2 Å². The molecule has 2 aromatic carbocycles. The summed E-state index contributed by atoms with van der Waals surface area (Å²) in [5.41, 5.74) is -0.254. The van der Waals surface area contributed by atoms with Crippen molar-refractivity contribution >= 4 is 0 Å². The van der Waals surface area contributed by atoms with Gasteiger partial charge in [-0.25, -0.2) is 17.6 Å². The molecule has 34 heavy (non-hydrogen) atoms. The monoisotopic (exact) mass is 476 g/mol. The standard InChI is InChI=1S/C28H32F4O2/c1-3-5-17-7-14-24(34-15-17)23-13-12-22(27(31)28(23)32)21-11-10-20(25(29)26(21)30)18-8-9-19(6-4-2)33-16-18/h3,5,10-13,17-19,24H,4,6-9,14-16H2,1-2H3/b5-3+. The number of ether oxygens (including phenoxy) is 2. The molecule has 2 aliphatic rings. The van der Waals surface area contributed by atoms with E-state index in [1.54, 1.807) is 0 Å². The Hall–Kier alpha value is -2.18. The van der Waals surface area contributed by atoms with E-state index < -0.39 is 29.4 Å². The van der Waals surface area contributed by atoms with Gasteiger partial charge in [-0.05, 0) is 44.6 Å². The van der Waals surface area contributed by atoms with Crippen LogP contribution in [0, 0.1) is 29.2 Å². The number of hydrogen-bond donors (Lipinski definition) is 0. The Morgan fingerprint density at radius 3 is 2.03 bits per heavy atom. The Kier molecular flexibility index (Phi) is 8.10. The highest BCUT2D eigenvalue weighted by molar-refractivity contribution is 5.66. The number of hydrogen-bond acceptors (Lipinski definition) is 2. The summed E-state index contributed by atoms with van der Waals surface area (Å²) < 4.78 is 71.6. The van der Waals surface area contributed by atoms with E-state index in [1.807, 2.05) is 19.1 Å². The number of allylic oxidation sites excluding steroid dienone is 1. The van der Waals surface area contributed by atoms with E-state index in [0.717, 1.165) is 25.7 Å². The summed E-state index contributed by atoms with van der Waals surface area (Å²) in [4.78, 5) is 0. The van der Waals surface area contributed by atoms with Crippen molar-refractivity contribution in [1.29, 1.82) is 0 Å². The zero-order chi connectivity index (χ0) is 24.2. The summed E-state index contributed by atoms with van der Waals surface area (Å²) in [5, 5.41) is 0. The van der Waals surface area contributed by atoms with Gasteiger partial charge in [0.15, 0.2) is 23.3 Å². The molecule has 6 heteroatoms. The van der Waals surface area contributed by atoms with Gasteiger partial charge < -0.3 is 9.47 Å². The molecule has 2 fully saturated rings. The van der Waals surface area contributed by atoms with Gasteiger partial charge in [0.2, 0.25) is 0 Å². The molecule has 0 radical (unpaired) electrons. The van der Waals surface area contributed by atoms with Gasteiger partial charge >= 0.3 is 0 Å². The van der Waals surface area contributed by atoms with E-state index in [2.05, 4.69) is 6.92 Å². The molecule has 2 saturated heterocycles. The molecule has 0 aliphatic carbocycles. The van der Waals surface area contributed by atoms with E-state index >= 15 is 13.2 Å². The fourth-order valence-electron chi connectivity index (χ4n) is 5.15. The normalized spacial score (nSPS) is 25.7. The SMILES string of the molecule is C/C=C/C1CCC(c2ccc(-c3ccc(C4CCC(CCC)OC4)c(F)c3F)c(F)c2F)OC1. The molecule has 0 bridgehead atoms. The van der Waals surface area contributed by atoms with E-state index in [4.69, 9.17) is 9.47 Å². The van der Waals surface area contributed by atoms with Gasteiger partial charge in [-0.1, -0.05) is 49.8 Å². The van der Waals surface area contributed by atoms with Crippen LogP contribution in [-0.4, -0.2) is 19.3 Å². The molecule has 0 amide bonds. The Labute approximate surface area is 199 Å². The van der Waals surface area contributed by atoms with Crippen LogP contribution in [0.25, 0.3) is 11.1 Å². The number of rotatable bonds is 6. The van der Waals surface area contributed by atoms with Crippen LogP contribution < -0.4 is 0 Å². The molecular weight excluding hydrogens is 444 g/mol. The summed E-state index contributed by atoms with van der Waals surface area (Å²) in [7, 11) is 0. The van der Waals surface area contributed by atoms with E-state index in [1.165, 1.54) is 24.3 Å². The molecule has 4 unspecified atom stereocenters. The zero-order valence-corrected chi connectivity index (χ0v) is 19.8. The maximum absolute atomic E-state index is 15.0. The lowest BCUT2D eigenvalue weighted by Gasteiger charge is -2.29. The molecule has 0 N–H and O–H groups in total. The molecule has 4 rings (SSSR count). The van der Waals surface area contributed by atoms with Gasteiger partial charge in [-0.15, -0.1) is 0 Å². The van der Waals surface area contributed by atoms with Crippen LogP contribution in [0.4, 0.5) is 17.6 Å². The van der Waals surface area contributed by atoms with Crippen molar-refractivity contribution < 1.29 is 27.0 Å². The van der Waals surface area contributed by atoms with Crippen molar-refractivity contribution in [2.45, 2.75) is 70.5 Å². The Balaban J connectivity index is 1.54. The minimum absolute atomic E-state index is 0.110. The summed E-state index contributed by atoms with van der Waals surface area (Å²) in [5.74, 6) is -4.44. The van der Waals surface area contributed by atoms with E-state index in [9.17, 15) is 4.39 Å². The highest BCUT2D eigenvalue weighted by Crippen LogP contribution is 2.38. The van der Waals surface area contributed by atoms with Crippen molar-refractivity contribution in [3.8, 4) is 11.1 Å². The molecule has 2 heterocycles. The summed E-state index contributed by atoms with van der Waals surface area (Å²) in [6, 6.07) is 5.54. The Morgan fingerprint density at radius 2 is 1.47 bits per heavy atom. The van der Waals surface area contributed by atoms with Crippen molar-refractivity contribution in [1.82, 2.24) is 0 Å². The van der Waals surface area contributed by atoms with Gasteiger partial charge in [-0.3, -0.25) is 0 Å². The molecule has 0 saturated carbocycles. The second kappa shape index (κ2) is 11.0. The zero-order valence-electron chi connectivity index (χ0n) is 19.8. The van der Waals surface area contributed by atoms with Gasteiger partial charge in [-0.2, -0.15) is 0 Å². The molecule has 2 aromatic rings. The van der Waals surface area contributed by atoms with Crippen LogP contribution in [0.3, 0.4) is 0 Å². The van der Waals surface area contributed by atoms with Crippen LogP contribution in [0.1, 0.15) is 75.5 Å². The highest BCUT2D eigenvalue weighted by atomic mass is 19.2. The smallest absolute Gasteiger partial charge is 0.167 e. The third kappa shape index (κ3) is 5.08. The number of halogens is 4. The van der Waals surface area contributed by atoms with Crippen LogP contribution in [0.5, 0.6) is 0 Å². The summed E-state index contributed by atoms with van der Waals surface area (Å²) in [6.45, 7) is 4.78. The first-order valence-electron chi connectivity index (χ1n) is 12.3. The molecule has 0 aromatic heterocycles. The maximum Gasteiger partial charge on any atom is 0.167 e. The van der Waals surface area contributed by atoms with Crippen molar-refractivity contribution in [2.75, 3.05) is 13.2 Å². The van der Waals surface area contributed by atoms with Crippen LogP contribution in [0.15, 0.2) is 36.4 Å². The fourth-order valence-corrected chi connectivity index (χ4v) is 5.15. The summed E-state index contributed by atoms with van der Waals surface area (Å²) in [6.07, 6.45) is 8.42. The largest absolute Gasteiger partial charge is 0.378 e. The summed E-state index contributed by atoms with van der Waals surface area (Å²) >= 11 is 0. The average Bonchev–Trinajstić information content (AvgIpc) is 2.85. The number of benzene rings is 2. The Bertz CT molecular complexity index is 1020. The van der Waals surface area contributed by atoms with E-state index in [0.29, 0.717) is 26.1 Å². The molecule has 184 valence electrons. The van der Waals surface area contributed by atoms with Crippen molar-refractivity contribution in [3.05, 3.63) is 70.8 Å². The molecule has 0 spiro atoms. The third-order valence-electron chi connectivity index (χ3n) is 7.06. The molecule has 4 atom stereocenters. The second-order valence-corrected chi connectivity index (χ2v) is 9.36. The highest BCUT2D eigenvalue weighted by Gasteiger charge is 2.29. The van der Waals surface area contributed by atoms with Crippen LogP contribution in [0.2, 0.25) is 0 Å². The fraction of sp³-hybridized carbons (Fsp3) is 0.500. The predicted octanol–water partition coefficient (Wildman–Crippen LogP) is 8.02. The topological polar surface area (TPSA) is 18.5 Å². The lowest BCUT2D eigenvalue weighted by molar-refractivity contribution is -0.00743. The van der Waals surface area contributed by atoms with Crippen LogP contribution >= 0.6 is 0 Å². The lowest BCUT2D eigenvalue weighted by atomic mass is 9.88. The first-order valence-corrected chi connectivity index (χ1v) is 12.3. The Morgan fingerprint density at radius 1 is 0.794 bits per heavy atom. The molecule has 2 aliphatic heterocycles. The first kappa shape index (κ1) is 24.9. The average molecular weight is 477 g/mol. The minimum atomic E-state index is -1.19. The van der Waals surface area contributed by atoms with Gasteiger partial charge in [0.1, 0.15) is 0 Å². The minimum Gasteiger partial charge on any atom is -0.378 e. The van der Waals surface area contributed by atoms with Gasteiger partial charge in [0.25, 0.3) is 0 Å².